The second-order valence-corrected chi connectivity index (χ2v) is 5.15. The van der Waals surface area contributed by atoms with Crippen LogP contribution in [0.3, 0.4) is 0 Å². The topological polar surface area (TPSA) is 62.4 Å². The van der Waals surface area contributed by atoms with Crippen LogP contribution in [0.2, 0.25) is 0 Å². The zero-order valence-corrected chi connectivity index (χ0v) is 12.5. The Hall–Kier alpha value is -2.69. The van der Waals surface area contributed by atoms with Crippen LogP contribution in [0.15, 0.2) is 42.5 Å². The molecule has 114 valence electrons. The van der Waals surface area contributed by atoms with E-state index in [1.165, 1.54) is 5.56 Å². The minimum atomic E-state index is -0.287. The number of hydrogen-bond donors (Lipinski definition) is 3. The molecule has 2 amide bonds. The van der Waals surface area contributed by atoms with Gasteiger partial charge >= 0.3 is 6.03 Å². The van der Waals surface area contributed by atoms with E-state index in [0.29, 0.717) is 11.4 Å². The zero-order valence-electron chi connectivity index (χ0n) is 12.5. The number of fused-ring (bicyclic) bond motifs is 1. The summed E-state index contributed by atoms with van der Waals surface area (Å²) < 4.78 is 5.23. The highest BCUT2D eigenvalue weighted by Gasteiger charge is 2.14. The van der Waals surface area contributed by atoms with Crippen LogP contribution in [0, 0.1) is 0 Å². The van der Waals surface area contributed by atoms with Crippen molar-refractivity contribution in [1.29, 1.82) is 0 Å². The summed E-state index contributed by atoms with van der Waals surface area (Å²) in [5, 5.41) is 9.07. The standard InChI is InChI=1S/C17H19N3O2/c1-22-15-10-3-2-8-13(15)19-17(21)20-14-9-4-6-12-7-5-11-18-16(12)14/h2-4,6,8-10,18H,5,7,11H2,1H3,(H2,19,20,21). The third-order valence-corrected chi connectivity index (χ3v) is 3.68. The van der Waals surface area contributed by atoms with E-state index in [1.807, 2.05) is 30.3 Å². The normalized spacial score (nSPS) is 12.8. The monoisotopic (exact) mass is 297 g/mol. The van der Waals surface area contributed by atoms with Gasteiger partial charge in [0.1, 0.15) is 5.75 Å². The Balaban J connectivity index is 1.75. The Bertz CT molecular complexity index is 685. The molecule has 1 aliphatic rings. The van der Waals surface area contributed by atoms with E-state index in [1.54, 1.807) is 13.2 Å². The molecule has 0 saturated heterocycles. The second kappa shape index (κ2) is 6.39. The van der Waals surface area contributed by atoms with Gasteiger partial charge in [-0.25, -0.2) is 4.79 Å². The number of nitrogens with one attached hydrogen (secondary N) is 3. The van der Waals surface area contributed by atoms with E-state index in [2.05, 4.69) is 22.0 Å². The number of urea groups is 1. The van der Waals surface area contributed by atoms with Crippen LogP contribution in [0.1, 0.15) is 12.0 Å². The summed E-state index contributed by atoms with van der Waals surface area (Å²) in [6.45, 7) is 0.930. The molecule has 2 aromatic carbocycles. The predicted molar refractivity (Wildman–Crippen MR) is 88.9 cm³/mol. The van der Waals surface area contributed by atoms with E-state index >= 15 is 0 Å². The van der Waals surface area contributed by atoms with Gasteiger partial charge in [-0.15, -0.1) is 0 Å². The molecule has 0 spiro atoms. The first-order chi connectivity index (χ1) is 10.8. The molecule has 3 N–H and O–H groups in total. The Morgan fingerprint density at radius 3 is 2.73 bits per heavy atom. The van der Waals surface area contributed by atoms with E-state index in [9.17, 15) is 4.79 Å². The van der Waals surface area contributed by atoms with Gasteiger partial charge in [-0.3, -0.25) is 0 Å². The zero-order chi connectivity index (χ0) is 15.4. The molecule has 0 aliphatic carbocycles. The maximum Gasteiger partial charge on any atom is 0.323 e. The van der Waals surface area contributed by atoms with Crippen molar-refractivity contribution in [3.05, 3.63) is 48.0 Å². The average Bonchev–Trinajstić information content (AvgIpc) is 2.55. The van der Waals surface area contributed by atoms with Crippen LogP contribution < -0.4 is 20.7 Å². The molecule has 1 heterocycles. The number of carbonyl (C=O) groups excluding carboxylic acids is 1. The summed E-state index contributed by atoms with van der Waals surface area (Å²) in [5.74, 6) is 0.630. The number of carbonyl (C=O) groups is 1. The van der Waals surface area contributed by atoms with Gasteiger partial charge in [-0.1, -0.05) is 24.3 Å². The van der Waals surface area contributed by atoms with Crippen LogP contribution in [0.5, 0.6) is 5.75 Å². The summed E-state index contributed by atoms with van der Waals surface area (Å²) in [6.07, 6.45) is 2.15. The molecule has 1 aliphatic heterocycles. The van der Waals surface area contributed by atoms with Crippen LogP contribution >= 0.6 is 0 Å². The molecule has 0 bridgehead atoms. The van der Waals surface area contributed by atoms with Crippen molar-refractivity contribution in [2.45, 2.75) is 12.8 Å². The number of rotatable bonds is 3. The lowest BCUT2D eigenvalue weighted by atomic mass is 10.0. The third kappa shape index (κ3) is 2.98. The van der Waals surface area contributed by atoms with Gasteiger partial charge in [-0.05, 0) is 36.6 Å². The van der Waals surface area contributed by atoms with Gasteiger partial charge in [0.2, 0.25) is 0 Å². The smallest absolute Gasteiger partial charge is 0.323 e. The van der Waals surface area contributed by atoms with Crippen molar-refractivity contribution < 1.29 is 9.53 Å². The number of ether oxygens (including phenoxy) is 1. The minimum Gasteiger partial charge on any atom is -0.495 e. The highest BCUT2D eigenvalue weighted by molar-refractivity contribution is 6.02. The first-order valence-corrected chi connectivity index (χ1v) is 7.34. The summed E-state index contributed by atoms with van der Waals surface area (Å²) in [4.78, 5) is 12.2. The maximum atomic E-state index is 12.2. The summed E-state index contributed by atoms with van der Waals surface area (Å²) in [7, 11) is 1.58. The molecule has 0 unspecified atom stereocenters. The predicted octanol–water partition coefficient (Wildman–Crippen LogP) is 3.70. The van der Waals surface area contributed by atoms with Gasteiger partial charge in [0.25, 0.3) is 0 Å². The van der Waals surface area contributed by atoms with Gasteiger partial charge in [0, 0.05) is 6.54 Å². The maximum absolute atomic E-state index is 12.2. The van der Waals surface area contributed by atoms with Crippen LogP contribution in [-0.2, 0) is 6.42 Å². The lowest BCUT2D eigenvalue weighted by molar-refractivity contribution is 0.262. The molecule has 0 aromatic heterocycles. The Kier molecular flexibility index (Phi) is 4.14. The first-order valence-electron chi connectivity index (χ1n) is 7.34. The summed E-state index contributed by atoms with van der Waals surface area (Å²) >= 11 is 0. The van der Waals surface area contributed by atoms with E-state index < -0.39 is 0 Å². The third-order valence-electron chi connectivity index (χ3n) is 3.68. The fraction of sp³-hybridized carbons (Fsp3) is 0.235. The molecule has 0 fully saturated rings. The molecular weight excluding hydrogens is 278 g/mol. The fourth-order valence-electron chi connectivity index (χ4n) is 2.64. The van der Waals surface area contributed by atoms with Gasteiger partial charge in [0.15, 0.2) is 0 Å². The Labute approximate surface area is 129 Å². The number of benzene rings is 2. The van der Waals surface area contributed by atoms with Crippen LogP contribution in [0.4, 0.5) is 21.9 Å². The van der Waals surface area contributed by atoms with Crippen LogP contribution in [0.25, 0.3) is 0 Å². The first kappa shape index (κ1) is 14.3. The van der Waals surface area contributed by atoms with Crippen LogP contribution in [-0.4, -0.2) is 19.7 Å². The lowest BCUT2D eigenvalue weighted by Crippen LogP contribution is -2.22. The molecule has 0 saturated carbocycles. The van der Waals surface area contributed by atoms with Gasteiger partial charge in [-0.2, -0.15) is 0 Å². The number of hydrogen-bond acceptors (Lipinski definition) is 3. The van der Waals surface area contributed by atoms with Crippen molar-refractivity contribution >= 4 is 23.1 Å². The van der Waals surface area contributed by atoms with Crippen molar-refractivity contribution in [3.63, 3.8) is 0 Å². The molecule has 0 radical (unpaired) electrons. The minimum absolute atomic E-state index is 0.287. The number of methoxy groups -OCH3 is 1. The van der Waals surface area contributed by atoms with Gasteiger partial charge < -0.3 is 20.7 Å². The average molecular weight is 297 g/mol. The summed E-state index contributed by atoms with van der Waals surface area (Å²) in [5.41, 5.74) is 3.69. The number of para-hydroxylation sites is 3. The van der Waals surface area contributed by atoms with E-state index in [4.69, 9.17) is 4.74 Å². The molecule has 3 rings (SSSR count). The van der Waals surface area contributed by atoms with Crippen molar-refractivity contribution in [1.82, 2.24) is 0 Å². The van der Waals surface area contributed by atoms with Crippen molar-refractivity contribution in [3.8, 4) is 5.75 Å². The highest BCUT2D eigenvalue weighted by atomic mass is 16.5. The van der Waals surface area contributed by atoms with Gasteiger partial charge in [0.05, 0.1) is 24.2 Å². The lowest BCUT2D eigenvalue weighted by Gasteiger charge is -2.21. The van der Waals surface area contributed by atoms with Crippen molar-refractivity contribution in [2.24, 2.45) is 0 Å². The fourth-order valence-corrected chi connectivity index (χ4v) is 2.64. The SMILES string of the molecule is COc1ccccc1NC(=O)Nc1cccc2c1NCCC2. The molecule has 22 heavy (non-hydrogen) atoms. The molecule has 0 atom stereocenters. The Morgan fingerprint density at radius 1 is 1.09 bits per heavy atom. The quantitative estimate of drug-likeness (QED) is 0.809. The largest absolute Gasteiger partial charge is 0.495 e. The highest BCUT2D eigenvalue weighted by Crippen LogP contribution is 2.30. The summed E-state index contributed by atoms with van der Waals surface area (Å²) in [6, 6.07) is 13.0. The Morgan fingerprint density at radius 2 is 1.86 bits per heavy atom. The molecular formula is C17H19N3O2. The number of aryl methyl sites for hydroxylation is 1. The number of amides is 2. The second-order valence-electron chi connectivity index (χ2n) is 5.15. The molecule has 2 aromatic rings. The van der Waals surface area contributed by atoms with E-state index in [-0.39, 0.29) is 6.03 Å². The molecule has 5 nitrogen and oxygen atoms in total. The number of anilines is 3. The molecule has 5 heteroatoms. The van der Waals surface area contributed by atoms with Crippen molar-refractivity contribution in [2.75, 3.05) is 29.6 Å². The van der Waals surface area contributed by atoms with E-state index in [0.717, 1.165) is 30.8 Å².